The Bertz CT molecular complexity index is 613. The number of carbonyl (C=O) groups excluding carboxylic acids is 1. The maximum Gasteiger partial charge on any atom is 0.341 e. The van der Waals surface area contributed by atoms with Crippen LogP contribution in [0.2, 0.25) is 0 Å². The molecule has 0 saturated heterocycles. The van der Waals surface area contributed by atoms with Gasteiger partial charge in [-0.25, -0.2) is 4.79 Å². The quantitative estimate of drug-likeness (QED) is 0.782. The van der Waals surface area contributed by atoms with Crippen molar-refractivity contribution in [3.63, 3.8) is 0 Å². The number of carbonyl (C=O) groups is 2. The van der Waals surface area contributed by atoms with Crippen LogP contribution in [0.3, 0.4) is 0 Å². The second-order valence-electron chi connectivity index (χ2n) is 7.68. The molecule has 5 heteroatoms. The van der Waals surface area contributed by atoms with Crippen LogP contribution < -0.4 is 10.1 Å². The number of nitrogens with one attached hydrogen (secondary N) is 1. The van der Waals surface area contributed by atoms with Gasteiger partial charge in [-0.2, -0.15) is 0 Å². The normalized spacial score (nSPS) is 25.2. The first kappa shape index (κ1) is 18.7. The van der Waals surface area contributed by atoms with Crippen molar-refractivity contribution in [3.8, 4) is 5.75 Å². The van der Waals surface area contributed by atoms with E-state index in [-0.39, 0.29) is 18.4 Å². The molecule has 1 aromatic rings. The van der Waals surface area contributed by atoms with Gasteiger partial charge < -0.3 is 15.2 Å². The summed E-state index contributed by atoms with van der Waals surface area (Å²) < 4.78 is 5.12. The number of carboxylic acid groups (broad SMARTS) is 1. The zero-order valence-corrected chi connectivity index (χ0v) is 15.3. The number of carboxylic acids is 1. The minimum Gasteiger partial charge on any atom is -0.482 e. The van der Waals surface area contributed by atoms with Gasteiger partial charge in [0.2, 0.25) is 5.91 Å². The van der Waals surface area contributed by atoms with Crippen molar-refractivity contribution in [2.24, 2.45) is 17.8 Å². The van der Waals surface area contributed by atoms with Crippen LogP contribution in [0.15, 0.2) is 24.3 Å². The summed E-state index contributed by atoms with van der Waals surface area (Å²) in [6.07, 6.45) is 9.49. The molecule has 0 aromatic heterocycles. The fourth-order valence-corrected chi connectivity index (χ4v) is 4.48. The van der Waals surface area contributed by atoms with Crippen LogP contribution in [0.4, 0.5) is 0 Å². The number of rotatable bonds is 7. The highest BCUT2D eigenvalue weighted by Gasteiger charge is 2.34. The topological polar surface area (TPSA) is 75.6 Å². The predicted molar refractivity (Wildman–Crippen MR) is 99.1 cm³/mol. The molecule has 1 amide bonds. The predicted octanol–water partition coefficient (Wildman–Crippen LogP) is 3.42. The molecule has 0 heterocycles. The van der Waals surface area contributed by atoms with Crippen LogP contribution >= 0.6 is 0 Å². The molecule has 26 heavy (non-hydrogen) atoms. The Morgan fingerprint density at radius 3 is 2.50 bits per heavy atom. The Kier molecular flexibility index (Phi) is 6.53. The molecular weight excluding hydrogens is 330 g/mol. The number of hydrogen-bond acceptors (Lipinski definition) is 3. The van der Waals surface area contributed by atoms with Crippen LogP contribution in [0, 0.1) is 17.8 Å². The van der Waals surface area contributed by atoms with Crippen LogP contribution in [0.1, 0.15) is 50.5 Å². The molecule has 0 bridgehead atoms. The van der Waals surface area contributed by atoms with Gasteiger partial charge >= 0.3 is 5.97 Å². The Hall–Kier alpha value is -2.04. The molecule has 3 atom stereocenters. The summed E-state index contributed by atoms with van der Waals surface area (Å²) in [4.78, 5) is 23.0. The van der Waals surface area contributed by atoms with Crippen LogP contribution in [-0.2, 0) is 16.0 Å². The minimum absolute atomic E-state index is 0.196. The van der Waals surface area contributed by atoms with Gasteiger partial charge in [-0.05, 0) is 55.2 Å². The lowest BCUT2D eigenvalue weighted by Crippen LogP contribution is -2.38. The van der Waals surface area contributed by atoms with Gasteiger partial charge in [-0.1, -0.05) is 37.8 Å². The average Bonchev–Trinajstić information content (AvgIpc) is 2.67. The highest BCUT2D eigenvalue weighted by atomic mass is 16.5. The Morgan fingerprint density at radius 2 is 1.77 bits per heavy atom. The third-order valence-corrected chi connectivity index (χ3v) is 5.91. The van der Waals surface area contributed by atoms with E-state index in [4.69, 9.17) is 9.84 Å². The van der Waals surface area contributed by atoms with Crippen molar-refractivity contribution in [2.45, 2.75) is 51.4 Å². The number of aliphatic carboxylic acids is 1. The summed E-state index contributed by atoms with van der Waals surface area (Å²) in [6.45, 7) is 0.303. The lowest BCUT2D eigenvalue weighted by Gasteiger charge is -2.38. The minimum atomic E-state index is -0.987. The van der Waals surface area contributed by atoms with Gasteiger partial charge in [0.15, 0.2) is 6.61 Å². The molecule has 2 N–H and O–H groups in total. The molecule has 142 valence electrons. The molecule has 2 fully saturated rings. The molecular formula is C21H29NO4. The van der Waals surface area contributed by atoms with Gasteiger partial charge in [0.1, 0.15) is 5.75 Å². The first-order valence-corrected chi connectivity index (χ1v) is 9.83. The zero-order valence-electron chi connectivity index (χ0n) is 15.3. The second-order valence-corrected chi connectivity index (χ2v) is 7.68. The Labute approximate surface area is 155 Å². The molecule has 0 radical (unpaired) electrons. The SMILES string of the molecule is O=C(O)COc1ccc(CCNC(=O)C2CCC3CCCCC3C2)cc1. The molecule has 5 nitrogen and oxygen atoms in total. The fourth-order valence-electron chi connectivity index (χ4n) is 4.48. The smallest absolute Gasteiger partial charge is 0.341 e. The molecule has 0 spiro atoms. The van der Waals surface area contributed by atoms with Crippen molar-refractivity contribution in [3.05, 3.63) is 29.8 Å². The van der Waals surface area contributed by atoms with Crippen molar-refractivity contribution in [2.75, 3.05) is 13.2 Å². The summed E-state index contributed by atoms with van der Waals surface area (Å²) in [5, 5.41) is 11.7. The van der Waals surface area contributed by atoms with E-state index >= 15 is 0 Å². The Balaban J connectivity index is 1.39. The largest absolute Gasteiger partial charge is 0.482 e. The first-order valence-electron chi connectivity index (χ1n) is 9.83. The standard InChI is InChI=1S/C21H29NO4/c23-20(24)14-26-19-9-5-15(6-10-19)11-12-22-21(25)18-8-7-16-3-1-2-4-17(16)13-18/h5-6,9-10,16-18H,1-4,7-8,11-14H2,(H,22,25)(H,23,24). The third kappa shape index (κ3) is 5.23. The van der Waals surface area contributed by atoms with E-state index < -0.39 is 5.97 Å². The molecule has 2 saturated carbocycles. The first-order chi connectivity index (χ1) is 12.6. The van der Waals surface area contributed by atoms with E-state index in [1.807, 2.05) is 12.1 Å². The third-order valence-electron chi connectivity index (χ3n) is 5.91. The van der Waals surface area contributed by atoms with Crippen molar-refractivity contribution >= 4 is 11.9 Å². The van der Waals surface area contributed by atoms with Crippen molar-refractivity contribution in [1.29, 1.82) is 0 Å². The van der Waals surface area contributed by atoms with E-state index in [1.54, 1.807) is 12.1 Å². The number of hydrogen-bond donors (Lipinski definition) is 2. The van der Waals surface area contributed by atoms with Crippen LogP contribution in [0.5, 0.6) is 5.75 Å². The second kappa shape index (κ2) is 9.06. The molecule has 3 rings (SSSR count). The Morgan fingerprint density at radius 1 is 1.04 bits per heavy atom. The van der Waals surface area contributed by atoms with E-state index in [1.165, 1.54) is 32.1 Å². The van der Waals surface area contributed by atoms with E-state index in [0.717, 1.165) is 36.7 Å². The van der Waals surface area contributed by atoms with Gasteiger partial charge in [0.05, 0.1) is 0 Å². The molecule has 1 aromatic carbocycles. The summed E-state index contributed by atoms with van der Waals surface area (Å²) in [5.74, 6) is 1.61. The van der Waals surface area contributed by atoms with E-state index in [0.29, 0.717) is 12.3 Å². The maximum absolute atomic E-state index is 12.5. The highest BCUT2D eigenvalue weighted by Crippen LogP contribution is 2.42. The van der Waals surface area contributed by atoms with E-state index in [2.05, 4.69) is 5.32 Å². The van der Waals surface area contributed by atoms with Gasteiger partial charge in [0, 0.05) is 12.5 Å². The van der Waals surface area contributed by atoms with Gasteiger partial charge in [-0.15, -0.1) is 0 Å². The monoisotopic (exact) mass is 359 g/mol. The van der Waals surface area contributed by atoms with Gasteiger partial charge in [-0.3, -0.25) is 4.79 Å². The van der Waals surface area contributed by atoms with Crippen LogP contribution in [-0.4, -0.2) is 30.1 Å². The fraction of sp³-hybridized carbons (Fsp3) is 0.619. The number of fused-ring (bicyclic) bond motifs is 1. The van der Waals surface area contributed by atoms with Gasteiger partial charge in [0.25, 0.3) is 0 Å². The molecule has 3 unspecified atom stereocenters. The number of amides is 1. The maximum atomic E-state index is 12.5. The molecule has 2 aliphatic carbocycles. The average molecular weight is 359 g/mol. The van der Waals surface area contributed by atoms with Crippen molar-refractivity contribution in [1.82, 2.24) is 5.32 Å². The summed E-state index contributed by atoms with van der Waals surface area (Å²) in [6, 6.07) is 7.36. The van der Waals surface area contributed by atoms with E-state index in [9.17, 15) is 9.59 Å². The number of benzene rings is 1. The van der Waals surface area contributed by atoms with Crippen LogP contribution in [0.25, 0.3) is 0 Å². The number of ether oxygens (including phenoxy) is 1. The highest BCUT2D eigenvalue weighted by molar-refractivity contribution is 5.78. The summed E-state index contributed by atoms with van der Waals surface area (Å²) >= 11 is 0. The zero-order chi connectivity index (χ0) is 18.4. The van der Waals surface area contributed by atoms with Crippen molar-refractivity contribution < 1.29 is 19.4 Å². The lowest BCUT2D eigenvalue weighted by atomic mass is 9.67. The molecule has 0 aliphatic heterocycles. The molecule has 2 aliphatic rings. The lowest BCUT2D eigenvalue weighted by molar-refractivity contribution is -0.139. The summed E-state index contributed by atoms with van der Waals surface area (Å²) in [5.41, 5.74) is 1.10. The summed E-state index contributed by atoms with van der Waals surface area (Å²) in [7, 11) is 0.